The van der Waals surface area contributed by atoms with Crippen LogP contribution >= 0.6 is 0 Å². The summed E-state index contributed by atoms with van der Waals surface area (Å²) >= 11 is 0. The van der Waals surface area contributed by atoms with E-state index in [9.17, 15) is 9.59 Å². The lowest BCUT2D eigenvalue weighted by atomic mass is 9.98. The maximum absolute atomic E-state index is 12.3. The predicted octanol–water partition coefficient (Wildman–Crippen LogP) is 0.215. The van der Waals surface area contributed by atoms with Crippen LogP contribution < -0.4 is 4.90 Å². The van der Waals surface area contributed by atoms with E-state index >= 15 is 0 Å². The molecule has 1 aromatic heterocycles. The van der Waals surface area contributed by atoms with Gasteiger partial charge in [-0.2, -0.15) is 0 Å². The minimum absolute atomic E-state index is 0.313. The second-order valence-electron chi connectivity index (χ2n) is 2.91. The van der Waals surface area contributed by atoms with Gasteiger partial charge in [0.15, 0.2) is 11.6 Å². The molecule has 1 unspecified atom stereocenters. The van der Waals surface area contributed by atoms with Gasteiger partial charge >= 0.3 is 0 Å². The molecule has 1 aliphatic heterocycles. The summed E-state index contributed by atoms with van der Waals surface area (Å²) in [5, 5.41) is 0. The number of fused-ring (bicyclic) bond motifs is 1. The van der Waals surface area contributed by atoms with Crippen LogP contribution in [0.5, 0.6) is 0 Å². The predicted molar refractivity (Wildman–Crippen MR) is 50.1 cm³/mol. The van der Waals surface area contributed by atoms with Gasteiger partial charge in [-0.3, -0.25) is 14.5 Å². The highest BCUT2D eigenvalue weighted by molar-refractivity contribution is 6.19. The molecule has 0 bridgehead atoms. The first-order chi connectivity index (χ1) is 9.37. The van der Waals surface area contributed by atoms with Crippen LogP contribution in [0.15, 0.2) is 6.30 Å². The lowest BCUT2D eigenvalue weighted by Gasteiger charge is -2.25. The molecule has 5 nitrogen and oxygen atoms in total. The van der Waals surface area contributed by atoms with E-state index in [4.69, 9.17) is 9.60 Å². The Morgan fingerprint density at radius 2 is 2.43 bits per heavy atom. The number of hydrogen-bond acceptors (Lipinski definition) is 3. The van der Waals surface area contributed by atoms with Gasteiger partial charge in [-0.25, -0.2) is 4.98 Å². The molecule has 74 valence electrons. The average molecular weight is 200 g/mol. The normalized spacial score (nSPS) is 30.5. The van der Waals surface area contributed by atoms with Gasteiger partial charge in [-0.15, -0.1) is 0 Å². The van der Waals surface area contributed by atoms with E-state index in [-0.39, 0.29) is 5.82 Å². The maximum atomic E-state index is 12.3. The number of hydrogen-bond donors (Lipinski definition) is 0. The molecule has 14 heavy (non-hydrogen) atoms. The molecule has 0 spiro atoms. The van der Waals surface area contributed by atoms with E-state index in [1.165, 1.54) is 7.05 Å². The van der Waals surface area contributed by atoms with E-state index in [0.29, 0.717) is 4.57 Å². The summed E-state index contributed by atoms with van der Waals surface area (Å²) in [6.45, 7) is -5.79. The molecule has 0 saturated heterocycles. The van der Waals surface area contributed by atoms with Crippen molar-refractivity contribution in [2.75, 3.05) is 11.9 Å². The van der Waals surface area contributed by atoms with Crippen LogP contribution in [0.4, 0.5) is 5.82 Å². The summed E-state index contributed by atoms with van der Waals surface area (Å²) in [5.41, 5.74) is -0.553. The fraction of sp³-hybridized carbons (Fsp3) is 0.444. The fourth-order valence-corrected chi connectivity index (χ4v) is 1.30. The van der Waals surface area contributed by atoms with Crippen molar-refractivity contribution in [1.29, 1.82) is 0 Å². The van der Waals surface area contributed by atoms with Gasteiger partial charge in [-0.1, -0.05) is 0 Å². The number of imidazole rings is 1. The molecule has 0 fully saturated rings. The summed E-state index contributed by atoms with van der Waals surface area (Å²) in [6.07, 6.45) is -0.737. The lowest BCUT2D eigenvalue weighted by molar-refractivity contribution is -0.120. The molecular formula is C9H11N3O2. The molecule has 1 aromatic rings. The van der Waals surface area contributed by atoms with Crippen LogP contribution in [-0.4, -0.2) is 28.3 Å². The SMILES string of the molecule is [2H]c1nc2c(n1C([2H])([2H])[2H])C(=O)C(C([2H])([2H])[2H])C(=O)N2C. The average Bonchev–Trinajstić information content (AvgIpc) is 2.62. The standard InChI is InChI=1S/C9H11N3O2/c1-5-7(13)6-8(10-4-11(6)2)12(3)9(5)14/h4-5H,1-3H3/i1D3,2D3,4D. The lowest BCUT2D eigenvalue weighted by Crippen LogP contribution is -2.41. The third-order valence-corrected chi connectivity index (χ3v) is 2.08. The van der Waals surface area contributed by atoms with Crippen LogP contribution in [0.1, 0.15) is 26.9 Å². The minimum atomic E-state index is -2.91. The van der Waals surface area contributed by atoms with Crippen molar-refractivity contribution in [3.63, 3.8) is 0 Å². The Kier molecular flexibility index (Phi) is 0.732. The number of carbonyl (C=O) groups excluding carboxylic acids is 2. The molecule has 0 saturated carbocycles. The zero-order valence-electron chi connectivity index (χ0n) is 14.2. The van der Waals surface area contributed by atoms with Crippen LogP contribution in [0.3, 0.4) is 0 Å². The number of ketones is 1. The second-order valence-corrected chi connectivity index (χ2v) is 2.91. The molecule has 0 aromatic carbocycles. The number of Topliss-reactive ketones (excluding diaryl/α,β-unsaturated/α-hetero) is 1. The van der Waals surface area contributed by atoms with Gasteiger partial charge in [0, 0.05) is 22.2 Å². The Morgan fingerprint density at radius 3 is 3.07 bits per heavy atom. The smallest absolute Gasteiger partial charge is 0.238 e. The first-order valence-corrected chi connectivity index (χ1v) is 3.79. The van der Waals surface area contributed by atoms with Gasteiger partial charge < -0.3 is 4.57 Å². The largest absolute Gasteiger partial charge is 0.329 e. The van der Waals surface area contributed by atoms with Crippen LogP contribution in [0, 0.1) is 5.92 Å². The topological polar surface area (TPSA) is 55.2 Å². The summed E-state index contributed by atoms with van der Waals surface area (Å²) in [6, 6.07) is 0. The van der Waals surface area contributed by atoms with Crippen molar-refractivity contribution in [3.05, 3.63) is 12.0 Å². The first-order valence-electron chi connectivity index (χ1n) is 7.29. The van der Waals surface area contributed by atoms with Gasteiger partial charge in [0.05, 0.1) is 6.30 Å². The van der Waals surface area contributed by atoms with Gasteiger partial charge in [0.25, 0.3) is 0 Å². The molecule has 0 aliphatic carbocycles. The molecular weight excluding hydrogens is 182 g/mol. The number of nitrogens with zero attached hydrogens (tertiary/aromatic N) is 3. The Labute approximate surface area is 91.2 Å². The number of anilines is 1. The van der Waals surface area contributed by atoms with Crippen LogP contribution in [0.25, 0.3) is 0 Å². The van der Waals surface area contributed by atoms with Crippen molar-refractivity contribution in [2.24, 2.45) is 12.9 Å². The quantitative estimate of drug-likeness (QED) is 0.563. The Hall–Kier alpha value is -1.65. The van der Waals surface area contributed by atoms with Crippen molar-refractivity contribution < 1.29 is 19.2 Å². The van der Waals surface area contributed by atoms with Crippen LogP contribution in [0.2, 0.25) is 0 Å². The third-order valence-electron chi connectivity index (χ3n) is 2.08. The molecule has 2 rings (SSSR count). The zero-order valence-corrected chi connectivity index (χ0v) is 7.24. The Morgan fingerprint density at radius 1 is 1.64 bits per heavy atom. The summed E-state index contributed by atoms with van der Waals surface area (Å²) in [4.78, 5) is 28.7. The molecule has 2 heterocycles. The Balaban J connectivity index is 2.75. The van der Waals surface area contributed by atoms with Crippen LogP contribution in [-0.2, 0) is 11.8 Å². The number of rotatable bonds is 0. The number of amides is 1. The van der Waals surface area contributed by atoms with E-state index in [2.05, 4.69) is 4.98 Å². The molecule has 1 aliphatic rings. The van der Waals surface area contributed by atoms with Crippen molar-refractivity contribution in [2.45, 2.75) is 6.85 Å². The van der Waals surface area contributed by atoms with E-state index in [0.717, 1.165) is 4.90 Å². The highest BCUT2D eigenvalue weighted by atomic mass is 16.2. The van der Waals surface area contributed by atoms with Crippen molar-refractivity contribution in [3.8, 4) is 0 Å². The van der Waals surface area contributed by atoms with E-state index < -0.39 is 43.4 Å². The molecule has 1 amide bonds. The Bertz CT molecular complexity index is 631. The van der Waals surface area contributed by atoms with Crippen molar-refractivity contribution in [1.82, 2.24) is 9.55 Å². The fourth-order valence-electron chi connectivity index (χ4n) is 1.30. The third kappa shape index (κ3) is 0.921. The maximum Gasteiger partial charge on any atom is 0.238 e. The zero-order chi connectivity index (χ0) is 16.3. The molecule has 1 atom stereocenters. The summed E-state index contributed by atoms with van der Waals surface area (Å²) in [7, 11) is 1.18. The highest BCUT2D eigenvalue weighted by Gasteiger charge is 2.37. The van der Waals surface area contributed by atoms with Crippen molar-refractivity contribution >= 4 is 17.5 Å². The van der Waals surface area contributed by atoms with E-state index in [1.54, 1.807) is 0 Å². The molecule has 0 radical (unpaired) electrons. The highest BCUT2D eigenvalue weighted by Crippen LogP contribution is 2.27. The second kappa shape index (κ2) is 2.67. The van der Waals surface area contributed by atoms with Gasteiger partial charge in [0.1, 0.15) is 13.0 Å². The molecule has 0 N–H and O–H groups in total. The number of carbonyl (C=O) groups is 2. The monoisotopic (exact) mass is 200 g/mol. The van der Waals surface area contributed by atoms with Gasteiger partial charge in [-0.05, 0) is 6.85 Å². The van der Waals surface area contributed by atoms with E-state index in [1.807, 2.05) is 0 Å². The summed E-state index contributed by atoms with van der Waals surface area (Å²) in [5.74, 6) is -4.46. The molecule has 5 heteroatoms. The first kappa shape index (κ1) is 3.84. The van der Waals surface area contributed by atoms with Gasteiger partial charge in [0.2, 0.25) is 5.91 Å². The summed E-state index contributed by atoms with van der Waals surface area (Å²) < 4.78 is 51.8. The number of aromatic nitrogens is 2. The minimum Gasteiger partial charge on any atom is -0.329 e.